The molecule has 0 atom stereocenters. The predicted octanol–water partition coefficient (Wildman–Crippen LogP) is 1.39. The summed E-state index contributed by atoms with van der Waals surface area (Å²) in [5, 5.41) is 6.37. The maximum atomic E-state index is 12.2. The molecular formula is C18H30N4O2. The second-order valence-electron chi connectivity index (χ2n) is 6.32. The van der Waals surface area contributed by atoms with Gasteiger partial charge in [0.25, 0.3) is 0 Å². The van der Waals surface area contributed by atoms with E-state index in [1.165, 1.54) is 0 Å². The zero-order chi connectivity index (χ0) is 17.2. The van der Waals surface area contributed by atoms with Crippen LogP contribution in [-0.4, -0.2) is 70.8 Å². The second-order valence-corrected chi connectivity index (χ2v) is 6.32. The molecule has 1 aromatic carbocycles. The minimum Gasteiger partial charge on any atom is -0.378 e. The van der Waals surface area contributed by atoms with Gasteiger partial charge in [-0.05, 0) is 45.7 Å². The van der Waals surface area contributed by atoms with Crippen molar-refractivity contribution in [2.75, 3.05) is 70.2 Å². The predicted molar refractivity (Wildman–Crippen MR) is 98.8 cm³/mol. The molecule has 1 saturated heterocycles. The molecule has 0 aromatic heterocycles. The highest BCUT2D eigenvalue weighted by Gasteiger charge is 2.15. The quantitative estimate of drug-likeness (QED) is 0.669. The van der Waals surface area contributed by atoms with Crippen molar-refractivity contribution >= 4 is 17.3 Å². The molecule has 1 aliphatic rings. The lowest BCUT2D eigenvalue weighted by atomic mass is 10.2. The molecule has 0 saturated carbocycles. The van der Waals surface area contributed by atoms with Crippen LogP contribution in [0.2, 0.25) is 0 Å². The van der Waals surface area contributed by atoms with E-state index >= 15 is 0 Å². The second kappa shape index (κ2) is 10.3. The Bertz CT molecular complexity index is 502. The van der Waals surface area contributed by atoms with Gasteiger partial charge < -0.3 is 25.2 Å². The molecule has 1 fully saturated rings. The fourth-order valence-electron chi connectivity index (χ4n) is 2.72. The smallest absolute Gasteiger partial charge is 0.225 e. The van der Waals surface area contributed by atoms with Crippen LogP contribution in [0.5, 0.6) is 0 Å². The first-order chi connectivity index (χ1) is 11.7. The zero-order valence-electron chi connectivity index (χ0n) is 14.9. The highest BCUT2D eigenvalue weighted by Crippen LogP contribution is 2.26. The lowest BCUT2D eigenvalue weighted by molar-refractivity contribution is -0.116. The van der Waals surface area contributed by atoms with E-state index in [0.717, 1.165) is 57.2 Å². The van der Waals surface area contributed by atoms with Gasteiger partial charge in [0.1, 0.15) is 0 Å². The van der Waals surface area contributed by atoms with E-state index in [2.05, 4.69) is 40.6 Å². The van der Waals surface area contributed by atoms with Crippen LogP contribution in [0.1, 0.15) is 12.8 Å². The van der Waals surface area contributed by atoms with E-state index in [1.807, 2.05) is 18.2 Å². The minimum atomic E-state index is 0.0517. The van der Waals surface area contributed by atoms with Gasteiger partial charge in [-0.25, -0.2) is 0 Å². The van der Waals surface area contributed by atoms with Crippen molar-refractivity contribution < 1.29 is 9.53 Å². The first kappa shape index (κ1) is 18.7. The number of amides is 1. The van der Waals surface area contributed by atoms with Crippen molar-refractivity contribution in [2.24, 2.45) is 0 Å². The monoisotopic (exact) mass is 334 g/mol. The topological polar surface area (TPSA) is 56.8 Å². The molecule has 6 heteroatoms. The molecular weight excluding hydrogens is 304 g/mol. The Morgan fingerprint density at radius 3 is 2.71 bits per heavy atom. The number of ether oxygens (including phenoxy) is 1. The van der Waals surface area contributed by atoms with E-state index in [9.17, 15) is 4.79 Å². The van der Waals surface area contributed by atoms with Crippen LogP contribution in [0.4, 0.5) is 11.4 Å². The average molecular weight is 334 g/mol. The standard InChI is InChI=1S/C18H30N4O2/c1-21(2)11-5-9-19-10-8-18(23)20-16-6-3-4-7-17(16)22-12-14-24-15-13-22/h3-4,6-7,19H,5,8-15H2,1-2H3,(H,20,23). The van der Waals surface area contributed by atoms with Gasteiger partial charge >= 0.3 is 0 Å². The number of nitrogens with zero attached hydrogens (tertiary/aromatic N) is 2. The Kier molecular flexibility index (Phi) is 8.01. The molecule has 6 nitrogen and oxygen atoms in total. The normalized spacial score (nSPS) is 14.9. The number of carbonyl (C=O) groups is 1. The summed E-state index contributed by atoms with van der Waals surface area (Å²) in [6.07, 6.45) is 1.58. The summed E-state index contributed by atoms with van der Waals surface area (Å²) in [6, 6.07) is 7.99. The maximum Gasteiger partial charge on any atom is 0.225 e. The lowest BCUT2D eigenvalue weighted by Gasteiger charge is -2.30. The van der Waals surface area contributed by atoms with Crippen LogP contribution in [0.3, 0.4) is 0 Å². The molecule has 134 valence electrons. The molecule has 0 aliphatic carbocycles. The molecule has 0 unspecified atom stereocenters. The summed E-state index contributed by atoms with van der Waals surface area (Å²) in [4.78, 5) is 16.6. The van der Waals surface area contributed by atoms with E-state index in [1.54, 1.807) is 0 Å². The van der Waals surface area contributed by atoms with Crippen molar-refractivity contribution in [1.29, 1.82) is 0 Å². The summed E-state index contributed by atoms with van der Waals surface area (Å²) < 4.78 is 5.40. The van der Waals surface area contributed by atoms with Crippen molar-refractivity contribution in [1.82, 2.24) is 10.2 Å². The van der Waals surface area contributed by atoms with Gasteiger partial charge in [-0.3, -0.25) is 4.79 Å². The number of benzene rings is 1. The van der Waals surface area contributed by atoms with Crippen LogP contribution in [0.15, 0.2) is 24.3 Å². The Morgan fingerprint density at radius 1 is 1.21 bits per heavy atom. The molecule has 2 N–H and O–H groups in total. The fraction of sp³-hybridized carbons (Fsp3) is 0.611. The highest BCUT2D eigenvalue weighted by molar-refractivity contribution is 5.94. The summed E-state index contributed by atoms with van der Waals surface area (Å²) in [5.41, 5.74) is 1.96. The number of morpholine rings is 1. The third-order valence-corrected chi connectivity index (χ3v) is 4.02. The Balaban J connectivity index is 1.75. The molecule has 1 aromatic rings. The zero-order valence-corrected chi connectivity index (χ0v) is 14.9. The summed E-state index contributed by atoms with van der Waals surface area (Å²) in [6.45, 7) is 5.90. The van der Waals surface area contributed by atoms with E-state index < -0.39 is 0 Å². The van der Waals surface area contributed by atoms with Gasteiger partial charge in [0.15, 0.2) is 0 Å². The first-order valence-electron chi connectivity index (χ1n) is 8.74. The fourth-order valence-corrected chi connectivity index (χ4v) is 2.72. The number of rotatable bonds is 9. The molecule has 0 radical (unpaired) electrons. The number of carbonyl (C=O) groups excluding carboxylic acids is 1. The maximum absolute atomic E-state index is 12.2. The number of anilines is 2. The van der Waals surface area contributed by atoms with Gasteiger partial charge in [-0.2, -0.15) is 0 Å². The third kappa shape index (κ3) is 6.47. The first-order valence-corrected chi connectivity index (χ1v) is 8.74. The lowest BCUT2D eigenvalue weighted by Crippen LogP contribution is -2.36. The van der Waals surface area contributed by atoms with Gasteiger partial charge in [-0.15, -0.1) is 0 Å². The molecule has 1 amide bonds. The van der Waals surface area contributed by atoms with Crippen LogP contribution in [0, 0.1) is 0 Å². The summed E-state index contributed by atoms with van der Waals surface area (Å²) in [5.74, 6) is 0.0517. The van der Waals surface area contributed by atoms with Crippen LogP contribution in [0.25, 0.3) is 0 Å². The Morgan fingerprint density at radius 2 is 1.96 bits per heavy atom. The molecule has 0 spiro atoms. The van der Waals surface area contributed by atoms with Crippen LogP contribution >= 0.6 is 0 Å². The third-order valence-electron chi connectivity index (χ3n) is 4.02. The number of hydrogen-bond acceptors (Lipinski definition) is 5. The van der Waals surface area contributed by atoms with Crippen LogP contribution < -0.4 is 15.5 Å². The van der Waals surface area contributed by atoms with E-state index in [4.69, 9.17) is 4.74 Å². The van der Waals surface area contributed by atoms with Gasteiger partial charge in [0, 0.05) is 26.1 Å². The molecule has 0 bridgehead atoms. The summed E-state index contributed by atoms with van der Waals surface area (Å²) >= 11 is 0. The largest absolute Gasteiger partial charge is 0.378 e. The molecule has 24 heavy (non-hydrogen) atoms. The molecule has 1 aliphatic heterocycles. The van der Waals surface area contributed by atoms with Gasteiger partial charge in [0.2, 0.25) is 5.91 Å². The van der Waals surface area contributed by atoms with Crippen molar-refractivity contribution in [3.63, 3.8) is 0 Å². The Hall–Kier alpha value is -1.63. The number of hydrogen-bond donors (Lipinski definition) is 2. The average Bonchev–Trinajstić information content (AvgIpc) is 2.59. The minimum absolute atomic E-state index is 0.0517. The SMILES string of the molecule is CN(C)CCCNCCC(=O)Nc1ccccc1N1CCOCC1. The van der Waals surface area contributed by atoms with Gasteiger partial charge in [-0.1, -0.05) is 12.1 Å². The number of nitrogens with one attached hydrogen (secondary N) is 2. The van der Waals surface area contributed by atoms with E-state index in [0.29, 0.717) is 13.0 Å². The molecule has 2 rings (SSSR count). The number of para-hydroxylation sites is 2. The van der Waals surface area contributed by atoms with Gasteiger partial charge in [0.05, 0.1) is 24.6 Å². The van der Waals surface area contributed by atoms with Crippen molar-refractivity contribution in [2.45, 2.75) is 12.8 Å². The highest BCUT2D eigenvalue weighted by atomic mass is 16.5. The van der Waals surface area contributed by atoms with E-state index in [-0.39, 0.29) is 5.91 Å². The van der Waals surface area contributed by atoms with Crippen molar-refractivity contribution in [3.8, 4) is 0 Å². The van der Waals surface area contributed by atoms with Crippen molar-refractivity contribution in [3.05, 3.63) is 24.3 Å². The van der Waals surface area contributed by atoms with Crippen LogP contribution in [-0.2, 0) is 9.53 Å². The molecule has 1 heterocycles. The Labute approximate surface area is 145 Å². The summed E-state index contributed by atoms with van der Waals surface area (Å²) in [7, 11) is 4.14.